The fraction of sp³-hybridized carbons (Fsp3) is 0.294. The van der Waals surface area contributed by atoms with Gasteiger partial charge in [0.25, 0.3) is 0 Å². The minimum atomic E-state index is 0.354. The topological polar surface area (TPSA) is 72.9 Å². The highest BCUT2D eigenvalue weighted by atomic mass is 35.5. The Balaban J connectivity index is 1.42. The summed E-state index contributed by atoms with van der Waals surface area (Å²) in [6.45, 7) is 5.76. The molecule has 7 nitrogen and oxygen atoms in total. The third-order valence-corrected chi connectivity index (χ3v) is 5.11. The molecule has 0 aliphatic heterocycles. The SMILES string of the molecule is CC(C)c1nncn1CCNc1nn2cc(-c3ccc(Cl)cc3)nc2s1. The predicted octanol–water partition coefficient (Wildman–Crippen LogP) is 3.94. The summed E-state index contributed by atoms with van der Waals surface area (Å²) in [7, 11) is 0. The van der Waals surface area contributed by atoms with Crippen LogP contribution in [0.15, 0.2) is 36.8 Å². The molecule has 134 valence electrons. The van der Waals surface area contributed by atoms with Gasteiger partial charge in [0, 0.05) is 29.6 Å². The highest BCUT2D eigenvalue weighted by Gasteiger charge is 2.11. The molecule has 3 heterocycles. The zero-order valence-electron chi connectivity index (χ0n) is 14.4. The zero-order valence-corrected chi connectivity index (χ0v) is 16.0. The molecule has 1 N–H and O–H groups in total. The molecular weight excluding hydrogens is 370 g/mol. The third kappa shape index (κ3) is 3.42. The first-order valence-corrected chi connectivity index (χ1v) is 9.53. The summed E-state index contributed by atoms with van der Waals surface area (Å²) in [6.07, 6.45) is 3.70. The highest BCUT2D eigenvalue weighted by Crippen LogP contribution is 2.25. The van der Waals surface area contributed by atoms with E-state index in [0.717, 1.165) is 40.3 Å². The van der Waals surface area contributed by atoms with Crippen LogP contribution in [0, 0.1) is 0 Å². The summed E-state index contributed by atoms with van der Waals surface area (Å²) in [5.41, 5.74) is 1.91. The van der Waals surface area contributed by atoms with E-state index in [0.29, 0.717) is 10.9 Å². The van der Waals surface area contributed by atoms with Crippen LogP contribution in [-0.2, 0) is 6.54 Å². The molecule has 0 saturated heterocycles. The van der Waals surface area contributed by atoms with Crippen LogP contribution in [0.5, 0.6) is 0 Å². The number of hydrogen-bond acceptors (Lipinski definition) is 6. The second kappa shape index (κ2) is 7.05. The van der Waals surface area contributed by atoms with Gasteiger partial charge in [-0.3, -0.25) is 0 Å². The van der Waals surface area contributed by atoms with Crippen LogP contribution in [0.1, 0.15) is 25.6 Å². The van der Waals surface area contributed by atoms with Gasteiger partial charge >= 0.3 is 0 Å². The Morgan fingerprint density at radius 3 is 2.77 bits per heavy atom. The first-order chi connectivity index (χ1) is 12.6. The minimum Gasteiger partial charge on any atom is -0.358 e. The van der Waals surface area contributed by atoms with Gasteiger partial charge in [0.2, 0.25) is 10.1 Å². The van der Waals surface area contributed by atoms with E-state index >= 15 is 0 Å². The lowest BCUT2D eigenvalue weighted by Gasteiger charge is -2.08. The molecular formula is C17H18ClN7S. The molecule has 0 aliphatic rings. The van der Waals surface area contributed by atoms with Crippen LogP contribution in [0.25, 0.3) is 16.2 Å². The summed E-state index contributed by atoms with van der Waals surface area (Å²) >= 11 is 7.46. The summed E-state index contributed by atoms with van der Waals surface area (Å²) in [6, 6.07) is 7.64. The van der Waals surface area contributed by atoms with E-state index in [1.807, 2.05) is 30.5 Å². The number of nitrogens with zero attached hydrogens (tertiary/aromatic N) is 6. The maximum atomic E-state index is 5.94. The molecule has 0 amide bonds. The monoisotopic (exact) mass is 387 g/mol. The van der Waals surface area contributed by atoms with Crippen molar-refractivity contribution in [3.63, 3.8) is 0 Å². The Morgan fingerprint density at radius 1 is 1.23 bits per heavy atom. The lowest BCUT2D eigenvalue weighted by molar-refractivity contribution is 0.636. The molecule has 0 bridgehead atoms. The Bertz CT molecular complexity index is 984. The molecule has 0 radical (unpaired) electrons. The molecule has 0 fully saturated rings. The maximum absolute atomic E-state index is 5.94. The summed E-state index contributed by atoms with van der Waals surface area (Å²) in [4.78, 5) is 5.49. The van der Waals surface area contributed by atoms with Crippen LogP contribution in [0.3, 0.4) is 0 Å². The second-order valence-electron chi connectivity index (χ2n) is 6.23. The Kier molecular flexibility index (Phi) is 4.60. The van der Waals surface area contributed by atoms with Crippen LogP contribution < -0.4 is 5.32 Å². The average molecular weight is 388 g/mol. The number of hydrogen-bond donors (Lipinski definition) is 1. The molecule has 0 unspecified atom stereocenters. The number of benzene rings is 1. The van der Waals surface area contributed by atoms with Gasteiger partial charge in [0.15, 0.2) is 0 Å². The van der Waals surface area contributed by atoms with Gasteiger partial charge in [-0.25, -0.2) is 9.50 Å². The molecule has 0 aliphatic carbocycles. The number of aromatic nitrogens is 6. The summed E-state index contributed by atoms with van der Waals surface area (Å²) < 4.78 is 3.87. The van der Waals surface area contributed by atoms with Crippen molar-refractivity contribution < 1.29 is 0 Å². The number of halogens is 1. The van der Waals surface area contributed by atoms with Crippen LogP contribution in [0.2, 0.25) is 5.02 Å². The van der Waals surface area contributed by atoms with Gasteiger partial charge in [-0.15, -0.1) is 15.3 Å². The van der Waals surface area contributed by atoms with Crippen LogP contribution in [0.4, 0.5) is 5.13 Å². The molecule has 0 saturated carbocycles. The molecule has 0 atom stereocenters. The van der Waals surface area contributed by atoms with Crippen LogP contribution >= 0.6 is 22.9 Å². The summed E-state index contributed by atoms with van der Waals surface area (Å²) in [5.74, 6) is 1.35. The Morgan fingerprint density at radius 2 is 2.04 bits per heavy atom. The van der Waals surface area contributed by atoms with Crippen molar-refractivity contribution in [1.82, 2.24) is 29.4 Å². The van der Waals surface area contributed by atoms with Gasteiger partial charge in [0.05, 0.1) is 11.9 Å². The molecule has 4 rings (SSSR count). The standard InChI is InChI=1S/C17H18ClN7S/c1-11(2)15-22-20-10-24(15)8-7-19-16-23-25-9-14(21-17(25)26-16)12-3-5-13(18)6-4-12/h3-6,9-11H,7-8H2,1-2H3,(H,19,23). The second-order valence-corrected chi connectivity index (χ2v) is 7.62. The normalized spacial score (nSPS) is 11.5. The fourth-order valence-electron chi connectivity index (χ4n) is 2.70. The van der Waals surface area contributed by atoms with E-state index in [2.05, 4.69) is 44.0 Å². The first kappa shape index (κ1) is 17.0. The van der Waals surface area contributed by atoms with Crippen molar-refractivity contribution in [1.29, 1.82) is 0 Å². The van der Waals surface area contributed by atoms with Gasteiger partial charge in [0.1, 0.15) is 12.2 Å². The number of anilines is 1. The van der Waals surface area contributed by atoms with E-state index in [1.165, 1.54) is 11.3 Å². The molecule has 0 spiro atoms. The van der Waals surface area contributed by atoms with Crippen molar-refractivity contribution in [2.45, 2.75) is 26.3 Å². The first-order valence-electron chi connectivity index (χ1n) is 8.34. The van der Waals surface area contributed by atoms with Crippen molar-refractivity contribution in [2.75, 3.05) is 11.9 Å². The van der Waals surface area contributed by atoms with E-state index in [4.69, 9.17) is 11.6 Å². The molecule has 3 aromatic heterocycles. The minimum absolute atomic E-state index is 0.354. The highest BCUT2D eigenvalue weighted by molar-refractivity contribution is 7.20. The van der Waals surface area contributed by atoms with E-state index in [9.17, 15) is 0 Å². The van der Waals surface area contributed by atoms with E-state index in [1.54, 1.807) is 10.8 Å². The van der Waals surface area contributed by atoms with E-state index < -0.39 is 0 Å². The predicted molar refractivity (Wildman–Crippen MR) is 104 cm³/mol. The summed E-state index contributed by atoms with van der Waals surface area (Å²) in [5, 5.41) is 17.6. The third-order valence-electron chi connectivity index (χ3n) is 3.97. The number of fused-ring (bicyclic) bond motifs is 1. The maximum Gasteiger partial charge on any atom is 0.214 e. The quantitative estimate of drug-likeness (QED) is 0.542. The van der Waals surface area contributed by atoms with Gasteiger partial charge in [-0.2, -0.15) is 0 Å². The fourth-order valence-corrected chi connectivity index (χ4v) is 3.63. The molecule has 9 heteroatoms. The van der Waals surface area contributed by atoms with Crippen molar-refractivity contribution in [3.05, 3.63) is 47.6 Å². The lowest BCUT2D eigenvalue weighted by Crippen LogP contribution is -2.13. The Hall–Kier alpha value is -2.45. The van der Waals surface area contributed by atoms with Gasteiger partial charge in [-0.1, -0.05) is 48.9 Å². The zero-order chi connectivity index (χ0) is 18.1. The molecule has 26 heavy (non-hydrogen) atoms. The lowest BCUT2D eigenvalue weighted by atomic mass is 10.2. The average Bonchev–Trinajstić information content (AvgIpc) is 3.30. The number of rotatable bonds is 6. The van der Waals surface area contributed by atoms with Gasteiger partial charge < -0.3 is 9.88 Å². The van der Waals surface area contributed by atoms with Crippen LogP contribution in [-0.4, -0.2) is 35.9 Å². The van der Waals surface area contributed by atoms with E-state index in [-0.39, 0.29) is 0 Å². The number of nitrogens with one attached hydrogen (secondary N) is 1. The van der Waals surface area contributed by atoms with Crippen molar-refractivity contribution in [2.24, 2.45) is 0 Å². The van der Waals surface area contributed by atoms with Crippen molar-refractivity contribution >= 4 is 33.0 Å². The molecule has 4 aromatic rings. The van der Waals surface area contributed by atoms with Gasteiger partial charge in [-0.05, 0) is 12.1 Å². The Labute approximate surface area is 159 Å². The molecule has 1 aromatic carbocycles. The largest absolute Gasteiger partial charge is 0.358 e. The smallest absolute Gasteiger partial charge is 0.214 e. The number of imidazole rings is 1. The van der Waals surface area contributed by atoms with Crippen molar-refractivity contribution in [3.8, 4) is 11.3 Å².